The van der Waals surface area contributed by atoms with Crippen LogP contribution in [0.1, 0.15) is 16.1 Å². The second-order valence-corrected chi connectivity index (χ2v) is 6.57. The minimum Gasteiger partial charge on any atom is -0.351 e. The van der Waals surface area contributed by atoms with Gasteiger partial charge in [-0.05, 0) is 36.7 Å². The lowest BCUT2D eigenvalue weighted by Gasteiger charge is -2.11. The summed E-state index contributed by atoms with van der Waals surface area (Å²) in [6.07, 6.45) is 0.854. The minimum atomic E-state index is -0.754. The Morgan fingerprint density at radius 2 is 2.17 bits per heavy atom. The van der Waals surface area contributed by atoms with E-state index in [1.807, 2.05) is 0 Å². The number of anilines is 1. The molecular weight excluding hydrogens is 331 g/mol. The van der Waals surface area contributed by atoms with Gasteiger partial charge in [0.15, 0.2) is 0 Å². The molecule has 1 aliphatic heterocycles. The molecule has 0 spiro atoms. The summed E-state index contributed by atoms with van der Waals surface area (Å²) < 4.78 is 13.4. The molecule has 0 bridgehead atoms. The van der Waals surface area contributed by atoms with Crippen LogP contribution >= 0.6 is 11.3 Å². The number of primary amides is 1. The highest BCUT2D eigenvalue weighted by Gasteiger charge is 2.22. The molecule has 24 heavy (non-hydrogen) atoms. The molecule has 1 fully saturated rings. The van der Waals surface area contributed by atoms with Crippen molar-refractivity contribution < 1.29 is 14.0 Å². The molecule has 6 nitrogen and oxygen atoms in total. The number of rotatable bonds is 4. The molecule has 2 aromatic rings. The van der Waals surface area contributed by atoms with Gasteiger partial charge in [0.05, 0.1) is 5.69 Å². The summed E-state index contributed by atoms with van der Waals surface area (Å²) in [5, 5.41) is 8.56. The number of urea groups is 1. The van der Waals surface area contributed by atoms with Crippen LogP contribution in [0.3, 0.4) is 0 Å². The van der Waals surface area contributed by atoms with Crippen LogP contribution in [0.2, 0.25) is 0 Å². The van der Waals surface area contributed by atoms with Crippen molar-refractivity contribution in [1.82, 2.24) is 10.6 Å². The molecule has 3 rings (SSSR count). The van der Waals surface area contributed by atoms with Crippen molar-refractivity contribution >= 4 is 29.0 Å². The molecule has 1 aromatic carbocycles. The molecule has 5 N–H and O–H groups in total. The van der Waals surface area contributed by atoms with Crippen molar-refractivity contribution in [2.24, 2.45) is 5.73 Å². The normalized spacial score (nSPS) is 16.8. The Bertz CT molecular complexity index is 771. The summed E-state index contributed by atoms with van der Waals surface area (Å²) in [5.74, 6) is -0.645. The lowest BCUT2D eigenvalue weighted by Crippen LogP contribution is -2.36. The summed E-state index contributed by atoms with van der Waals surface area (Å²) in [6.45, 7) is 1.57. The first-order chi connectivity index (χ1) is 11.5. The molecule has 1 aromatic heterocycles. The van der Waals surface area contributed by atoms with Crippen LogP contribution in [0.4, 0.5) is 14.9 Å². The Balaban J connectivity index is 1.90. The van der Waals surface area contributed by atoms with Gasteiger partial charge in [-0.15, -0.1) is 11.3 Å². The average molecular weight is 348 g/mol. The molecule has 1 aliphatic rings. The summed E-state index contributed by atoms with van der Waals surface area (Å²) in [6, 6.07) is 6.99. The molecular formula is C16H17FN4O2S. The highest BCUT2D eigenvalue weighted by molar-refractivity contribution is 7.18. The van der Waals surface area contributed by atoms with Crippen molar-refractivity contribution in [2.75, 3.05) is 18.4 Å². The molecule has 1 saturated heterocycles. The van der Waals surface area contributed by atoms with E-state index < -0.39 is 6.03 Å². The van der Waals surface area contributed by atoms with E-state index in [4.69, 9.17) is 5.73 Å². The number of amides is 3. The zero-order valence-electron chi connectivity index (χ0n) is 12.8. The molecule has 0 saturated carbocycles. The van der Waals surface area contributed by atoms with Crippen LogP contribution in [-0.4, -0.2) is 31.1 Å². The van der Waals surface area contributed by atoms with E-state index in [0.717, 1.165) is 13.0 Å². The fourth-order valence-corrected chi connectivity index (χ4v) is 3.61. The third kappa shape index (κ3) is 3.72. The van der Waals surface area contributed by atoms with E-state index in [-0.39, 0.29) is 17.8 Å². The maximum absolute atomic E-state index is 13.4. The van der Waals surface area contributed by atoms with Gasteiger partial charge in [-0.1, -0.05) is 12.1 Å². The maximum atomic E-state index is 13.4. The Kier molecular flexibility index (Phi) is 4.77. The molecule has 126 valence electrons. The summed E-state index contributed by atoms with van der Waals surface area (Å²) >= 11 is 1.19. The van der Waals surface area contributed by atoms with Crippen LogP contribution in [0, 0.1) is 5.82 Å². The van der Waals surface area contributed by atoms with Gasteiger partial charge in [0, 0.05) is 17.5 Å². The first kappa shape index (κ1) is 16.4. The first-order valence-electron chi connectivity index (χ1n) is 7.51. The van der Waals surface area contributed by atoms with Gasteiger partial charge in [0.2, 0.25) is 0 Å². The van der Waals surface area contributed by atoms with Gasteiger partial charge in [-0.25, -0.2) is 9.18 Å². The van der Waals surface area contributed by atoms with Crippen LogP contribution in [0.25, 0.3) is 10.4 Å². The van der Waals surface area contributed by atoms with E-state index in [2.05, 4.69) is 16.0 Å². The highest BCUT2D eigenvalue weighted by Crippen LogP contribution is 2.35. The second kappa shape index (κ2) is 6.98. The topological polar surface area (TPSA) is 96.2 Å². The van der Waals surface area contributed by atoms with E-state index in [1.54, 1.807) is 18.2 Å². The van der Waals surface area contributed by atoms with Crippen LogP contribution < -0.4 is 21.7 Å². The Morgan fingerprint density at radius 1 is 1.33 bits per heavy atom. The van der Waals surface area contributed by atoms with Gasteiger partial charge >= 0.3 is 6.03 Å². The number of thiophene rings is 1. The molecule has 2 heterocycles. The van der Waals surface area contributed by atoms with Gasteiger partial charge in [0.1, 0.15) is 10.7 Å². The fraction of sp³-hybridized carbons (Fsp3) is 0.250. The summed E-state index contributed by atoms with van der Waals surface area (Å²) in [4.78, 5) is 24.7. The van der Waals surface area contributed by atoms with Crippen LogP contribution in [-0.2, 0) is 0 Å². The minimum absolute atomic E-state index is 0.0543. The van der Waals surface area contributed by atoms with Crippen molar-refractivity contribution in [2.45, 2.75) is 12.5 Å². The van der Waals surface area contributed by atoms with Gasteiger partial charge in [0.25, 0.3) is 5.91 Å². The quantitative estimate of drug-likeness (QED) is 0.681. The molecule has 0 aliphatic carbocycles. The average Bonchev–Trinajstić information content (AvgIpc) is 3.16. The predicted molar refractivity (Wildman–Crippen MR) is 91.7 cm³/mol. The van der Waals surface area contributed by atoms with E-state index >= 15 is 0 Å². The van der Waals surface area contributed by atoms with Crippen molar-refractivity contribution in [3.63, 3.8) is 0 Å². The van der Waals surface area contributed by atoms with Gasteiger partial charge in [-0.3, -0.25) is 4.79 Å². The smallest absolute Gasteiger partial charge is 0.316 e. The van der Waals surface area contributed by atoms with Gasteiger partial charge < -0.3 is 21.7 Å². The van der Waals surface area contributed by atoms with E-state index in [1.165, 1.54) is 23.5 Å². The number of hydrogen-bond acceptors (Lipinski definition) is 4. The zero-order valence-corrected chi connectivity index (χ0v) is 13.6. The van der Waals surface area contributed by atoms with E-state index in [9.17, 15) is 14.0 Å². The molecule has 1 atom stereocenters. The predicted octanol–water partition coefficient (Wildman–Crippen LogP) is 2.14. The summed E-state index contributed by atoms with van der Waals surface area (Å²) in [7, 11) is 0. The number of benzene rings is 1. The van der Waals surface area contributed by atoms with Crippen molar-refractivity contribution in [1.29, 1.82) is 0 Å². The number of halogens is 1. The SMILES string of the molecule is NC(=O)Nc1cc(-c2cccc(F)c2)sc1C(=O)NC1CCNC1. The standard InChI is InChI=1S/C16H17FN4O2S/c17-10-3-1-2-9(6-10)13-7-12(21-16(18)23)14(24-13)15(22)20-11-4-5-19-8-11/h1-3,6-7,11,19H,4-5,8H2,(H,20,22)(H3,18,21,23). The first-order valence-corrected chi connectivity index (χ1v) is 8.32. The maximum Gasteiger partial charge on any atom is 0.316 e. The van der Waals surface area contributed by atoms with Crippen LogP contribution in [0.15, 0.2) is 30.3 Å². The summed E-state index contributed by atoms with van der Waals surface area (Å²) in [5.41, 5.74) is 6.14. The number of hydrogen-bond donors (Lipinski definition) is 4. The third-order valence-corrected chi connectivity index (χ3v) is 4.88. The number of nitrogens with one attached hydrogen (secondary N) is 3. The number of carbonyl (C=O) groups is 2. The van der Waals surface area contributed by atoms with Crippen LogP contribution in [0.5, 0.6) is 0 Å². The Hall–Kier alpha value is -2.45. The number of carbonyl (C=O) groups excluding carboxylic acids is 2. The third-order valence-electron chi connectivity index (χ3n) is 3.70. The molecule has 8 heteroatoms. The largest absolute Gasteiger partial charge is 0.351 e. The van der Waals surface area contributed by atoms with E-state index in [0.29, 0.717) is 27.5 Å². The molecule has 1 unspecified atom stereocenters. The van der Waals surface area contributed by atoms with Crippen molar-refractivity contribution in [3.8, 4) is 10.4 Å². The monoisotopic (exact) mass is 348 g/mol. The van der Waals surface area contributed by atoms with Crippen molar-refractivity contribution in [3.05, 3.63) is 41.0 Å². The number of nitrogens with two attached hydrogens (primary N) is 1. The molecule has 0 radical (unpaired) electrons. The fourth-order valence-electron chi connectivity index (χ4n) is 2.60. The molecule has 3 amide bonds. The lowest BCUT2D eigenvalue weighted by atomic mass is 10.2. The van der Waals surface area contributed by atoms with Gasteiger partial charge in [-0.2, -0.15) is 0 Å². The second-order valence-electron chi connectivity index (χ2n) is 5.52. The Labute approximate surface area is 142 Å². The highest BCUT2D eigenvalue weighted by atomic mass is 32.1. The zero-order chi connectivity index (χ0) is 17.1. The lowest BCUT2D eigenvalue weighted by molar-refractivity contribution is 0.0945. The Morgan fingerprint density at radius 3 is 2.83 bits per heavy atom.